The number of carboxylic acid groups (broad SMARTS) is 1. The number of carbonyl (C=O) groups is 1. The molecule has 0 aliphatic rings. The van der Waals surface area contributed by atoms with Crippen molar-refractivity contribution in [1.82, 2.24) is 10.2 Å². The zero-order valence-electron chi connectivity index (χ0n) is 9.13. The highest BCUT2D eigenvalue weighted by Gasteiger charge is 2.13. The predicted molar refractivity (Wildman–Crippen MR) is 62.4 cm³/mol. The van der Waals surface area contributed by atoms with Gasteiger partial charge in [-0.3, -0.25) is 4.79 Å². The molecule has 94 valence electrons. The molecule has 0 bridgehead atoms. The molecule has 0 fully saturated rings. The van der Waals surface area contributed by atoms with Crippen molar-refractivity contribution in [2.24, 2.45) is 0 Å². The van der Waals surface area contributed by atoms with Gasteiger partial charge in [0.1, 0.15) is 5.75 Å². The molecular formula is C11H9ClN2O4. The number of phenols is 1. The minimum absolute atomic E-state index is 0.0275. The van der Waals surface area contributed by atoms with Crippen LogP contribution in [0.5, 0.6) is 5.75 Å². The Bertz CT molecular complexity index is 582. The second kappa shape index (κ2) is 5.05. The average Bonchev–Trinajstić information content (AvgIpc) is 2.78. The Labute approximate surface area is 107 Å². The number of rotatable bonds is 4. The van der Waals surface area contributed by atoms with Gasteiger partial charge in [0.05, 0.1) is 17.0 Å². The molecule has 0 unspecified atom stereocenters. The number of hydrogen-bond acceptors (Lipinski definition) is 5. The smallest absolute Gasteiger partial charge is 0.303 e. The van der Waals surface area contributed by atoms with Crippen LogP contribution in [-0.2, 0) is 11.2 Å². The largest absolute Gasteiger partial charge is 0.508 e. The molecule has 2 aromatic rings. The van der Waals surface area contributed by atoms with Gasteiger partial charge in [0.2, 0.25) is 11.8 Å². The molecular weight excluding hydrogens is 260 g/mol. The van der Waals surface area contributed by atoms with E-state index in [1.54, 1.807) is 0 Å². The number of carboxylic acids is 1. The number of hydrogen-bond donors (Lipinski definition) is 2. The van der Waals surface area contributed by atoms with Gasteiger partial charge < -0.3 is 14.6 Å². The second-order valence-corrected chi connectivity index (χ2v) is 3.97. The van der Waals surface area contributed by atoms with Crippen molar-refractivity contribution in [3.8, 4) is 17.2 Å². The van der Waals surface area contributed by atoms with Crippen LogP contribution in [0.4, 0.5) is 0 Å². The third-order valence-electron chi connectivity index (χ3n) is 2.20. The fourth-order valence-electron chi connectivity index (χ4n) is 1.35. The van der Waals surface area contributed by atoms with E-state index in [0.717, 1.165) is 0 Å². The highest BCUT2D eigenvalue weighted by atomic mass is 35.5. The van der Waals surface area contributed by atoms with Gasteiger partial charge in [-0.05, 0) is 18.2 Å². The molecule has 0 atom stereocenters. The zero-order chi connectivity index (χ0) is 13.1. The fourth-order valence-corrected chi connectivity index (χ4v) is 1.55. The second-order valence-electron chi connectivity index (χ2n) is 3.56. The topological polar surface area (TPSA) is 96.5 Å². The molecule has 0 spiro atoms. The normalized spacial score (nSPS) is 10.5. The lowest BCUT2D eigenvalue weighted by Gasteiger charge is -1.99. The summed E-state index contributed by atoms with van der Waals surface area (Å²) in [6.45, 7) is 0. The number of phenolic OH excluding ortho intramolecular Hbond substituents is 1. The van der Waals surface area contributed by atoms with Crippen LogP contribution in [0.1, 0.15) is 12.3 Å². The number of aromatic hydroxyl groups is 1. The van der Waals surface area contributed by atoms with Crippen LogP contribution in [0.2, 0.25) is 5.02 Å². The molecule has 0 radical (unpaired) electrons. The van der Waals surface area contributed by atoms with Crippen molar-refractivity contribution in [2.45, 2.75) is 12.8 Å². The van der Waals surface area contributed by atoms with Crippen LogP contribution in [0.3, 0.4) is 0 Å². The molecule has 1 heterocycles. The van der Waals surface area contributed by atoms with E-state index >= 15 is 0 Å². The van der Waals surface area contributed by atoms with Crippen LogP contribution in [-0.4, -0.2) is 26.4 Å². The van der Waals surface area contributed by atoms with Crippen molar-refractivity contribution in [1.29, 1.82) is 0 Å². The first-order chi connectivity index (χ1) is 8.56. The Hall–Kier alpha value is -2.08. The number of aromatic nitrogens is 2. The minimum atomic E-state index is -0.940. The van der Waals surface area contributed by atoms with Crippen LogP contribution < -0.4 is 0 Å². The maximum atomic E-state index is 10.4. The Morgan fingerprint density at radius 2 is 2.17 bits per heavy atom. The highest BCUT2D eigenvalue weighted by Crippen LogP contribution is 2.30. The van der Waals surface area contributed by atoms with E-state index in [4.69, 9.17) is 21.1 Å². The van der Waals surface area contributed by atoms with E-state index in [1.807, 2.05) is 0 Å². The summed E-state index contributed by atoms with van der Waals surface area (Å²) < 4.78 is 5.27. The van der Waals surface area contributed by atoms with Crippen LogP contribution in [0.15, 0.2) is 22.6 Å². The van der Waals surface area contributed by atoms with E-state index in [1.165, 1.54) is 18.2 Å². The minimum Gasteiger partial charge on any atom is -0.508 e. The maximum Gasteiger partial charge on any atom is 0.303 e. The Balaban J connectivity index is 2.23. The highest BCUT2D eigenvalue weighted by molar-refractivity contribution is 6.33. The first kappa shape index (κ1) is 12.4. The van der Waals surface area contributed by atoms with Gasteiger partial charge in [0.15, 0.2) is 0 Å². The molecule has 7 heteroatoms. The van der Waals surface area contributed by atoms with Gasteiger partial charge in [-0.1, -0.05) is 11.6 Å². The summed E-state index contributed by atoms with van der Waals surface area (Å²) in [6.07, 6.45) is 0.0637. The van der Waals surface area contributed by atoms with Gasteiger partial charge in [-0.15, -0.1) is 10.2 Å². The summed E-state index contributed by atoms with van der Waals surface area (Å²) in [5.41, 5.74) is 0.408. The number of nitrogens with zero attached hydrogens (tertiary/aromatic N) is 2. The van der Waals surface area contributed by atoms with Crippen LogP contribution >= 0.6 is 11.6 Å². The van der Waals surface area contributed by atoms with E-state index in [2.05, 4.69) is 10.2 Å². The van der Waals surface area contributed by atoms with Gasteiger partial charge >= 0.3 is 5.97 Å². The Kier molecular flexibility index (Phi) is 3.47. The van der Waals surface area contributed by atoms with E-state index in [9.17, 15) is 9.90 Å². The molecule has 0 saturated carbocycles. The third kappa shape index (κ3) is 2.78. The number of benzene rings is 1. The van der Waals surface area contributed by atoms with Gasteiger partial charge in [-0.25, -0.2) is 0 Å². The molecule has 18 heavy (non-hydrogen) atoms. The van der Waals surface area contributed by atoms with Crippen LogP contribution in [0, 0.1) is 0 Å². The summed E-state index contributed by atoms with van der Waals surface area (Å²) >= 11 is 5.93. The molecule has 6 nitrogen and oxygen atoms in total. The van der Waals surface area contributed by atoms with Crippen LogP contribution in [0.25, 0.3) is 11.5 Å². The number of aliphatic carboxylic acids is 1. The number of halogens is 1. The first-order valence-electron chi connectivity index (χ1n) is 5.09. The summed E-state index contributed by atoms with van der Waals surface area (Å²) in [4.78, 5) is 10.4. The lowest BCUT2D eigenvalue weighted by molar-refractivity contribution is -0.137. The van der Waals surface area contributed by atoms with E-state index in [-0.39, 0.29) is 30.4 Å². The molecule has 1 aromatic heterocycles. The lowest BCUT2D eigenvalue weighted by Crippen LogP contribution is -1.97. The summed E-state index contributed by atoms with van der Waals surface area (Å²) in [7, 11) is 0. The van der Waals surface area contributed by atoms with Gasteiger partial charge in [0.25, 0.3) is 0 Å². The van der Waals surface area contributed by atoms with Gasteiger partial charge in [-0.2, -0.15) is 0 Å². The van der Waals surface area contributed by atoms with E-state index in [0.29, 0.717) is 10.6 Å². The number of aryl methyl sites for hydroxylation is 1. The third-order valence-corrected chi connectivity index (χ3v) is 2.53. The van der Waals surface area contributed by atoms with Crippen molar-refractivity contribution >= 4 is 17.6 Å². The molecule has 0 aliphatic heterocycles. The Morgan fingerprint density at radius 3 is 2.89 bits per heavy atom. The summed E-state index contributed by atoms with van der Waals surface area (Å²) in [5.74, 6) is -0.548. The van der Waals surface area contributed by atoms with Crippen molar-refractivity contribution in [3.63, 3.8) is 0 Å². The van der Waals surface area contributed by atoms with Crippen molar-refractivity contribution in [2.75, 3.05) is 0 Å². The molecule has 0 aliphatic carbocycles. The maximum absolute atomic E-state index is 10.4. The summed E-state index contributed by atoms with van der Waals surface area (Å²) in [5, 5.41) is 25.7. The fraction of sp³-hybridized carbons (Fsp3) is 0.182. The van der Waals surface area contributed by atoms with Crippen molar-refractivity contribution < 1.29 is 19.4 Å². The Morgan fingerprint density at radius 1 is 1.39 bits per heavy atom. The SMILES string of the molecule is O=C(O)CCc1nnc(-c2cc(O)ccc2Cl)o1. The molecule has 0 saturated heterocycles. The quantitative estimate of drug-likeness (QED) is 0.881. The predicted octanol–water partition coefficient (Wildman–Crippen LogP) is 2.11. The zero-order valence-corrected chi connectivity index (χ0v) is 9.89. The monoisotopic (exact) mass is 268 g/mol. The lowest BCUT2D eigenvalue weighted by atomic mass is 10.2. The van der Waals surface area contributed by atoms with Gasteiger partial charge in [0, 0.05) is 6.42 Å². The molecule has 0 amide bonds. The van der Waals surface area contributed by atoms with Crippen molar-refractivity contribution in [3.05, 3.63) is 29.1 Å². The molecule has 1 aromatic carbocycles. The standard InChI is InChI=1S/C11H9ClN2O4/c12-8-2-1-6(15)5-7(8)11-14-13-9(18-11)3-4-10(16)17/h1-2,5,15H,3-4H2,(H,16,17). The first-order valence-corrected chi connectivity index (χ1v) is 5.47. The van der Waals surface area contributed by atoms with E-state index < -0.39 is 5.97 Å². The molecule has 2 N–H and O–H groups in total. The average molecular weight is 269 g/mol. The summed E-state index contributed by atoms with van der Waals surface area (Å²) in [6, 6.07) is 4.34. The molecule has 2 rings (SSSR count).